The van der Waals surface area contributed by atoms with Crippen LogP contribution in [0.25, 0.3) is 0 Å². The summed E-state index contributed by atoms with van der Waals surface area (Å²) in [5, 5.41) is 5.46. The lowest BCUT2D eigenvalue weighted by Crippen LogP contribution is -2.41. The van der Waals surface area contributed by atoms with E-state index in [1.807, 2.05) is 0 Å². The highest BCUT2D eigenvalue weighted by atomic mass is 35.5. The molecule has 0 bridgehead atoms. The Morgan fingerprint density at radius 1 is 1.24 bits per heavy atom. The minimum Gasteiger partial charge on any atom is -0.467 e. The van der Waals surface area contributed by atoms with Crippen molar-refractivity contribution in [2.45, 2.75) is 26.3 Å². The van der Waals surface area contributed by atoms with Crippen molar-refractivity contribution >= 4 is 35.1 Å². The van der Waals surface area contributed by atoms with Gasteiger partial charge in [-0.15, -0.1) is 0 Å². The van der Waals surface area contributed by atoms with E-state index in [1.165, 1.54) is 21.0 Å². The van der Waals surface area contributed by atoms with Crippen LogP contribution < -0.4 is 10.6 Å². The fourth-order valence-corrected chi connectivity index (χ4v) is 2.04. The van der Waals surface area contributed by atoms with Gasteiger partial charge >= 0.3 is 5.97 Å². The minimum absolute atomic E-state index is 0.227. The number of hydrogen-bond acceptors (Lipinski definition) is 4. The molecule has 1 aromatic carbocycles. The van der Waals surface area contributed by atoms with Crippen molar-refractivity contribution < 1.29 is 19.1 Å². The van der Waals surface area contributed by atoms with Crippen LogP contribution in [-0.4, -0.2) is 30.9 Å². The van der Waals surface area contributed by atoms with Crippen LogP contribution in [0.2, 0.25) is 5.02 Å². The number of amides is 2. The number of hydrogen-bond donors (Lipinski definition) is 2. The lowest BCUT2D eigenvalue weighted by atomic mass is 10.1. The van der Waals surface area contributed by atoms with Crippen LogP contribution in [0.15, 0.2) is 18.2 Å². The molecular weight excluding hydrogens is 296 g/mol. The molecule has 0 heterocycles. The zero-order chi connectivity index (χ0) is 16.0. The first-order valence-corrected chi connectivity index (χ1v) is 6.62. The largest absolute Gasteiger partial charge is 0.467 e. The van der Waals surface area contributed by atoms with Crippen LogP contribution in [-0.2, 0) is 25.5 Å². The smallest absolute Gasteiger partial charge is 0.328 e. The van der Waals surface area contributed by atoms with Crippen molar-refractivity contribution in [3.8, 4) is 0 Å². The number of ether oxygens (including phenoxy) is 1. The predicted octanol–water partition coefficient (Wildman–Crippen LogP) is 1.52. The summed E-state index contributed by atoms with van der Waals surface area (Å²) in [7, 11) is 1.25. The molecule has 6 nitrogen and oxygen atoms in total. The van der Waals surface area contributed by atoms with Gasteiger partial charge in [0.05, 0.1) is 17.8 Å². The van der Waals surface area contributed by atoms with E-state index in [0.717, 1.165) is 5.56 Å². The Hall–Kier alpha value is -2.08. The van der Waals surface area contributed by atoms with E-state index in [-0.39, 0.29) is 18.2 Å². The molecule has 0 spiro atoms. The average molecular weight is 313 g/mol. The maximum Gasteiger partial charge on any atom is 0.328 e. The van der Waals surface area contributed by atoms with Crippen LogP contribution in [0.5, 0.6) is 0 Å². The van der Waals surface area contributed by atoms with Gasteiger partial charge in [0.15, 0.2) is 0 Å². The Balaban J connectivity index is 2.89. The molecule has 0 fully saturated rings. The number of methoxy groups -OCH3 is 1. The lowest BCUT2D eigenvalue weighted by Gasteiger charge is -2.16. The molecule has 1 atom stereocenters. The molecule has 0 aromatic heterocycles. The molecule has 0 radical (unpaired) electrons. The van der Waals surface area contributed by atoms with Crippen LogP contribution in [0.4, 0.5) is 5.69 Å². The van der Waals surface area contributed by atoms with Crippen molar-refractivity contribution in [1.29, 1.82) is 0 Å². The Kier molecular flexibility index (Phi) is 6.17. The van der Waals surface area contributed by atoms with Crippen LogP contribution in [0.3, 0.4) is 0 Å². The fraction of sp³-hybridized carbons (Fsp3) is 0.357. The summed E-state index contributed by atoms with van der Waals surface area (Å²) in [4.78, 5) is 33.7. The molecule has 0 saturated carbocycles. The van der Waals surface area contributed by atoms with E-state index in [4.69, 9.17) is 11.6 Å². The van der Waals surface area contributed by atoms with E-state index >= 15 is 0 Å². The molecule has 21 heavy (non-hydrogen) atoms. The lowest BCUT2D eigenvalue weighted by molar-refractivity contribution is -0.144. The number of esters is 1. The third kappa shape index (κ3) is 5.43. The van der Waals surface area contributed by atoms with Crippen molar-refractivity contribution in [3.05, 3.63) is 28.8 Å². The Morgan fingerprint density at radius 2 is 1.90 bits per heavy atom. The second-order valence-electron chi connectivity index (χ2n) is 4.48. The highest BCUT2D eigenvalue weighted by Crippen LogP contribution is 2.23. The normalized spacial score (nSPS) is 11.4. The van der Waals surface area contributed by atoms with Gasteiger partial charge < -0.3 is 15.4 Å². The molecule has 0 aliphatic carbocycles. The maximum absolute atomic E-state index is 11.6. The molecule has 0 saturated heterocycles. The standard InChI is InChI=1S/C14H17ClN2O4/c1-8(18)16-12-5-4-10(6-11(12)15)7-13(14(20)21-3)17-9(2)19/h4-6,13H,7H2,1-3H3,(H,16,18)(H,17,19)/t13-/m1/s1. The van der Waals surface area contributed by atoms with E-state index in [9.17, 15) is 14.4 Å². The molecular formula is C14H17ClN2O4. The predicted molar refractivity (Wildman–Crippen MR) is 79.1 cm³/mol. The van der Waals surface area contributed by atoms with Crippen molar-refractivity contribution in [1.82, 2.24) is 5.32 Å². The number of halogens is 1. The second kappa shape index (κ2) is 7.64. The van der Waals surface area contributed by atoms with E-state index in [0.29, 0.717) is 10.7 Å². The number of carbonyl (C=O) groups is 3. The number of rotatable bonds is 5. The SMILES string of the molecule is COC(=O)[C@@H](Cc1ccc(NC(C)=O)c(Cl)c1)NC(C)=O. The molecule has 2 N–H and O–H groups in total. The fourth-order valence-electron chi connectivity index (χ4n) is 1.79. The number of carbonyl (C=O) groups excluding carboxylic acids is 3. The minimum atomic E-state index is -0.782. The molecule has 0 aliphatic rings. The van der Waals surface area contributed by atoms with Crippen molar-refractivity contribution in [3.63, 3.8) is 0 Å². The number of nitrogens with one attached hydrogen (secondary N) is 2. The quantitative estimate of drug-likeness (QED) is 0.807. The topological polar surface area (TPSA) is 84.5 Å². The second-order valence-corrected chi connectivity index (χ2v) is 4.88. The zero-order valence-electron chi connectivity index (χ0n) is 12.0. The molecule has 0 unspecified atom stereocenters. The summed E-state index contributed by atoms with van der Waals surface area (Å²) in [5.41, 5.74) is 1.22. The van der Waals surface area contributed by atoms with Gasteiger partial charge in [-0.3, -0.25) is 9.59 Å². The van der Waals surface area contributed by atoms with Crippen LogP contribution in [0.1, 0.15) is 19.4 Å². The van der Waals surface area contributed by atoms with Crippen LogP contribution >= 0.6 is 11.6 Å². The summed E-state index contributed by atoms with van der Waals surface area (Å²) < 4.78 is 4.65. The number of anilines is 1. The van der Waals surface area contributed by atoms with E-state index in [2.05, 4.69) is 15.4 Å². The highest BCUT2D eigenvalue weighted by Gasteiger charge is 2.20. The van der Waals surface area contributed by atoms with Gasteiger partial charge in [-0.2, -0.15) is 0 Å². The third-order valence-electron chi connectivity index (χ3n) is 2.65. The molecule has 2 amide bonds. The van der Waals surface area contributed by atoms with Gasteiger partial charge in [0, 0.05) is 20.3 Å². The van der Waals surface area contributed by atoms with E-state index < -0.39 is 12.0 Å². The van der Waals surface area contributed by atoms with Crippen molar-refractivity contribution in [2.24, 2.45) is 0 Å². The maximum atomic E-state index is 11.6. The number of benzene rings is 1. The Morgan fingerprint density at radius 3 is 2.38 bits per heavy atom. The Labute approximate surface area is 127 Å². The first-order valence-electron chi connectivity index (χ1n) is 6.24. The van der Waals surface area contributed by atoms with Gasteiger partial charge in [0.1, 0.15) is 6.04 Å². The first-order chi connectivity index (χ1) is 9.83. The Bertz CT molecular complexity index is 560. The van der Waals surface area contributed by atoms with Gasteiger partial charge in [-0.05, 0) is 17.7 Å². The van der Waals surface area contributed by atoms with Crippen LogP contribution in [0, 0.1) is 0 Å². The average Bonchev–Trinajstić information content (AvgIpc) is 2.39. The highest BCUT2D eigenvalue weighted by molar-refractivity contribution is 6.33. The molecule has 7 heteroatoms. The van der Waals surface area contributed by atoms with E-state index in [1.54, 1.807) is 18.2 Å². The summed E-state index contributed by atoms with van der Waals surface area (Å²) >= 11 is 6.06. The van der Waals surface area contributed by atoms with Gasteiger partial charge in [-0.25, -0.2) is 4.79 Å². The molecule has 0 aliphatic heterocycles. The molecule has 114 valence electrons. The van der Waals surface area contributed by atoms with Gasteiger partial charge in [0.2, 0.25) is 11.8 Å². The first kappa shape index (κ1) is 17.0. The molecule has 1 rings (SSSR count). The summed E-state index contributed by atoms with van der Waals surface area (Å²) in [6.07, 6.45) is 0.242. The third-order valence-corrected chi connectivity index (χ3v) is 2.96. The van der Waals surface area contributed by atoms with Gasteiger partial charge in [-0.1, -0.05) is 17.7 Å². The molecule has 1 aromatic rings. The monoisotopic (exact) mass is 312 g/mol. The van der Waals surface area contributed by atoms with Crippen molar-refractivity contribution in [2.75, 3.05) is 12.4 Å². The summed E-state index contributed by atoms with van der Waals surface area (Å²) in [6, 6.07) is 4.20. The zero-order valence-corrected chi connectivity index (χ0v) is 12.8. The van der Waals surface area contributed by atoms with Gasteiger partial charge in [0.25, 0.3) is 0 Å². The summed E-state index contributed by atoms with van der Waals surface area (Å²) in [6.45, 7) is 2.71. The summed E-state index contributed by atoms with van der Waals surface area (Å²) in [5.74, 6) is -1.09.